The summed E-state index contributed by atoms with van der Waals surface area (Å²) in [5.74, 6) is -1.22. The average Bonchev–Trinajstić information content (AvgIpc) is 3.21. The van der Waals surface area contributed by atoms with E-state index in [1.807, 2.05) is 13.1 Å². The van der Waals surface area contributed by atoms with Crippen LogP contribution in [0.1, 0.15) is 17.5 Å². The summed E-state index contributed by atoms with van der Waals surface area (Å²) >= 11 is 0. The van der Waals surface area contributed by atoms with Gasteiger partial charge in [-0.3, -0.25) is 0 Å². The number of urea groups is 1. The first-order valence-electron chi connectivity index (χ1n) is 11.1. The van der Waals surface area contributed by atoms with E-state index in [0.29, 0.717) is 24.1 Å². The second kappa shape index (κ2) is 9.19. The largest absolute Gasteiger partial charge is 0.393 e. The van der Waals surface area contributed by atoms with Crippen LogP contribution in [0.2, 0.25) is 0 Å². The first-order chi connectivity index (χ1) is 15.8. The Bertz CT molecular complexity index is 1050. The summed E-state index contributed by atoms with van der Waals surface area (Å²) in [5.41, 5.74) is -0.238. The second-order valence-electron chi connectivity index (χ2n) is 9.01. The Hall–Kier alpha value is -2.84. The number of carbonyl (C=O) groups excluding carboxylic acids is 1. The molecule has 8 heteroatoms. The predicted octanol–water partition coefficient (Wildman–Crippen LogP) is 2.23. The molecule has 2 aromatic carbocycles. The van der Waals surface area contributed by atoms with Crippen LogP contribution in [0.3, 0.4) is 0 Å². The number of nitrogens with zero attached hydrogens (tertiary/aromatic N) is 2. The second-order valence-corrected chi connectivity index (χ2v) is 9.01. The van der Waals surface area contributed by atoms with Gasteiger partial charge in [-0.1, -0.05) is 30.3 Å². The Morgan fingerprint density at radius 3 is 2.64 bits per heavy atom. The summed E-state index contributed by atoms with van der Waals surface area (Å²) in [7, 11) is 3.48. The van der Waals surface area contributed by atoms with Gasteiger partial charge >= 0.3 is 6.03 Å². The maximum absolute atomic E-state index is 14.8. The number of alkyl halides is 1. The number of aliphatic hydroxyl groups excluding tert-OH is 1. The maximum atomic E-state index is 14.8. The molecule has 0 spiro atoms. The molecule has 0 radical (unpaired) electrons. The quantitative estimate of drug-likeness (QED) is 0.735. The molecule has 0 saturated carbocycles. The molecule has 2 aliphatic rings. The third kappa shape index (κ3) is 4.25. The van der Waals surface area contributed by atoms with Crippen LogP contribution in [0.25, 0.3) is 5.57 Å². The van der Waals surface area contributed by atoms with E-state index in [4.69, 9.17) is 0 Å². The molecule has 2 heterocycles. The van der Waals surface area contributed by atoms with Crippen LogP contribution in [-0.2, 0) is 5.54 Å². The smallest absolute Gasteiger partial charge is 0.321 e. The Morgan fingerprint density at radius 1 is 1.24 bits per heavy atom. The fourth-order valence-corrected chi connectivity index (χ4v) is 4.97. The van der Waals surface area contributed by atoms with E-state index < -0.39 is 42.0 Å². The standard InChI is InChI=1S/C25H28F3N3O2/c1-29-11-10-23(22(28)15-29)30(2)24(33)31-14-17(20-12-19(26)8-9-21(20)27)13-25(31,16-32)18-6-4-3-5-7-18/h3-9,12-13,22-23,32H,10-11,14-16H2,1-2H3/p+1/t22-,23+,25-/m1/s1. The van der Waals surface area contributed by atoms with Gasteiger partial charge in [-0.05, 0) is 35.4 Å². The summed E-state index contributed by atoms with van der Waals surface area (Å²) in [4.78, 5) is 17.6. The molecule has 33 heavy (non-hydrogen) atoms. The van der Waals surface area contributed by atoms with Crippen LogP contribution in [0, 0.1) is 11.6 Å². The molecule has 2 aromatic rings. The van der Waals surface area contributed by atoms with Gasteiger partial charge in [-0.25, -0.2) is 18.0 Å². The number of hydrogen-bond acceptors (Lipinski definition) is 2. The van der Waals surface area contributed by atoms with E-state index in [9.17, 15) is 23.1 Å². The molecule has 0 aliphatic carbocycles. The van der Waals surface area contributed by atoms with Crippen LogP contribution in [0.5, 0.6) is 0 Å². The zero-order chi connectivity index (χ0) is 23.8. The Morgan fingerprint density at radius 2 is 1.97 bits per heavy atom. The maximum Gasteiger partial charge on any atom is 0.321 e. The number of carbonyl (C=O) groups is 1. The first kappa shape index (κ1) is 23.3. The van der Waals surface area contributed by atoms with Gasteiger partial charge in [0.25, 0.3) is 0 Å². The van der Waals surface area contributed by atoms with Crippen LogP contribution < -0.4 is 4.90 Å². The fraction of sp³-hybridized carbons (Fsp3) is 0.400. The van der Waals surface area contributed by atoms with E-state index >= 15 is 0 Å². The van der Waals surface area contributed by atoms with Crippen molar-refractivity contribution in [1.29, 1.82) is 0 Å². The zero-order valence-corrected chi connectivity index (χ0v) is 18.8. The summed E-state index contributed by atoms with van der Waals surface area (Å²) in [6.07, 6.45) is 0.959. The number of likely N-dealkylation sites (tertiary alicyclic amines) is 1. The van der Waals surface area contributed by atoms with Gasteiger partial charge in [-0.15, -0.1) is 0 Å². The fourth-order valence-electron chi connectivity index (χ4n) is 4.97. The Labute approximate surface area is 191 Å². The molecule has 5 nitrogen and oxygen atoms in total. The monoisotopic (exact) mass is 460 g/mol. The van der Waals surface area contributed by atoms with Gasteiger partial charge in [-0.2, -0.15) is 0 Å². The lowest BCUT2D eigenvalue weighted by molar-refractivity contribution is -0.888. The lowest BCUT2D eigenvalue weighted by Gasteiger charge is -2.42. The number of amides is 2. The third-order valence-electron chi connectivity index (χ3n) is 6.87. The van der Waals surface area contributed by atoms with Gasteiger partial charge in [0, 0.05) is 25.6 Å². The number of benzene rings is 2. The minimum atomic E-state index is -1.29. The van der Waals surface area contributed by atoms with Crippen molar-refractivity contribution < 1.29 is 28.0 Å². The van der Waals surface area contributed by atoms with Crippen LogP contribution in [0.4, 0.5) is 18.0 Å². The predicted molar refractivity (Wildman–Crippen MR) is 119 cm³/mol. The molecule has 2 amide bonds. The van der Waals surface area contributed by atoms with E-state index in [1.54, 1.807) is 37.4 Å². The van der Waals surface area contributed by atoms with Gasteiger partial charge in [0.2, 0.25) is 0 Å². The molecule has 2 N–H and O–H groups in total. The number of hydrogen-bond donors (Lipinski definition) is 2. The van der Waals surface area contributed by atoms with Crippen molar-refractivity contribution in [3.05, 3.63) is 77.4 Å². The molecule has 176 valence electrons. The third-order valence-corrected chi connectivity index (χ3v) is 6.87. The van der Waals surface area contributed by atoms with Gasteiger partial charge in [0.05, 0.1) is 26.2 Å². The number of quaternary nitrogens is 1. The SMILES string of the molecule is CN(C(=O)N1CC(c2cc(F)ccc2F)=C[C@@]1(CO)c1ccccc1)[C@H]1CC[NH+](C)C[C@H]1F. The molecule has 1 saturated heterocycles. The topological polar surface area (TPSA) is 48.2 Å². The van der Waals surface area contributed by atoms with Crippen LogP contribution in [-0.4, -0.2) is 73.5 Å². The number of halogens is 3. The molecule has 4 rings (SSSR count). The highest BCUT2D eigenvalue weighted by molar-refractivity contribution is 5.83. The average molecular weight is 461 g/mol. The summed E-state index contributed by atoms with van der Waals surface area (Å²) in [5, 5.41) is 10.6. The van der Waals surface area contributed by atoms with Crippen molar-refractivity contribution in [2.75, 3.05) is 40.3 Å². The molecule has 1 fully saturated rings. The van der Waals surface area contributed by atoms with Crippen LogP contribution in [0.15, 0.2) is 54.6 Å². The molecular formula is C25H29F3N3O2+. The number of rotatable bonds is 4. The van der Waals surface area contributed by atoms with Gasteiger partial charge in [0.15, 0.2) is 6.17 Å². The van der Waals surface area contributed by atoms with Crippen molar-refractivity contribution >= 4 is 11.6 Å². The Balaban J connectivity index is 1.75. The van der Waals surface area contributed by atoms with E-state index in [-0.39, 0.29) is 12.1 Å². The van der Waals surface area contributed by atoms with E-state index in [1.165, 1.54) is 9.80 Å². The number of nitrogens with one attached hydrogen (secondary N) is 1. The summed E-state index contributed by atoms with van der Waals surface area (Å²) in [6, 6.07) is 11.0. The molecule has 0 bridgehead atoms. The molecule has 1 unspecified atom stereocenters. The number of piperidine rings is 1. The van der Waals surface area contributed by atoms with Crippen LogP contribution >= 0.6 is 0 Å². The van der Waals surface area contributed by atoms with Gasteiger partial charge in [0.1, 0.15) is 23.7 Å². The molecule has 2 aliphatic heterocycles. The van der Waals surface area contributed by atoms with Gasteiger partial charge < -0.3 is 19.8 Å². The van der Waals surface area contributed by atoms with E-state index in [2.05, 4.69) is 0 Å². The minimum Gasteiger partial charge on any atom is -0.393 e. The Kier molecular flexibility index (Phi) is 6.50. The van der Waals surface area contributed by atoms with Crippen molar-refractivity contribution in [3.63, 3.8) is 0 Å². The first-order valence-corrected chi connectivity index (χ1v) is 11.1. The highest BCUT2D eigenvalue weighted by Gasteiger charge is 2.47. The van der Waals surface area contributed by atoms with Crippen molar-refractivity contribution in [1.82, 2.24) is 9.80 Å². The summed E-state index contributed by atoms with van der Waals surface area (Å²) in [6.45, 7) is 0.538. The number of aliphatic hydroxyl groups is 1. The molecular weight excluding hydrogens is 431 g/mol. The van der Waals surface area contributed by atoms with E-state index in [0.717, 1.165) is 29.6 Å². The highest BCUT2D eigenvalue weighted by Crippen LogP contribution is 2.41. The minimum absolute atomic E-state index is 0.0352. The lowest BCUT2D eigenvalue weighted by atomic mass is 9.89. The zero-order valence-electron chi connectivity index (χ0n) is 18.8. The molecule has 4 atom stereocenters. The van der Waals surface area contributed by atoms with Crippen molar-refractivity contribution in [2.45, 2.75) is 24.2 Å². The van der Waals surface area contributed by atoms with Crippen molar-refractivity contribution in [2.24, 2.45) is 0 Å². The molecule has 0 aromatic heterocycles. The van der Waals surface area contributed by atoms with Crippen molar-refractivity contribution in [3.8, 4) is 0 Å². The highest BCUT2D eigenvalue weighted by atomic mass is 19.1. The normalized spacial score (nSPS) is 27.4. The summed E-state index contributed by atoms with van der Waals surface area (Å²) < 4.78 is 43.4. The lowest BCUT2D eigenvalue weighted by Crippen LogP contribution is -3.12.